The maximum atomic E-state index is 7.10. The third-order valence-corrected chi connectivity index (χ3v) is 17.4. The van der Waals surface area contributed by atoms with Gasteiger partial charge in [0.1, 0.15) is 5.84 Å². The van der Waals surface area contributed by atoms with Crippen molar-refractivity contribution >= 4 is 28.7 Å². The first kappa shape index (κ1) is 44.0. The van der Waals surface area contributed by atoms with E-state index in [0.29, 0.717) is 18.9 Å². The summed E-state index contributed by atoms with van der Waals surface area (Å²) in [5.74, 6) is 0.539. The van der Waals surface area contributed by atoms with Crippen molar-refractivity contribution in [3.05, 3.63) is 314 Å². The Morgan fingerprint density at radius 2 is 0.972 bits per heavy atom. The van der Waals surface area contributed by atoms with E-state index in [2.05, 4.69) is 239 Å². The minimum absolute atomic E-state index is 0.0944. The zero-order chi connectivity index (χ0) is 48.8. The number of allylic oxidation sites excluding steroid dienone is 5. The van der Waals surface area contributed by atoms with Crippen LogP contribution in [0, 0.1) is 0 Å². The number of nitrogens with zero attached hydrogens (tertiary/aromatic N) is 1. The Kier molecular flexibility index (Phi) is 10.3. The van der Waals surface area contributed by atoms with Crippen LogP contribution in [0.3, 0.4) is 0 Å². The second-order valence-electron chi connectivity index (χ2n) is 20.1. The summed E-state index contributed by atoms with van der Waals surface area (Å²) in [5.41, 5.74) is 36.8. The Morgan fingerprint density at radius 3 is 1.60 bits per heavy atom. The number of rotatable bonds is 4. The normalized spacial score (nSPS) is 16.6. The summed E-state index contributed by atoms with van der Waals surface area (Å²) >= 11 is 1.87. The predicted octanol–water partition coefficient (Wildman–Crippen LogP) is 15.2. The molecule has 0 atom stereocenters. The third-order valence-electron chi connectivity index (χ3n) is 16.1. The standard InChI is InChI=1S/C52H36N2S.C16H17N/c1-33-30-31-38-48-39(50(53)54-32-34-16-3-2-4-17-34)21-15-28-46(48)52(49(38)55-47-29-14-7-18-35(33)47)44-26-12-10-24-42(44)51(43-25-11-13-27-45(43)52)40-22-8-5-19-36(40)37-20-6-9-23-41(37)51;1-16(2)14-6-4-3-5-12(14)13-8-7-11(10-17)9-15(13)16/h2-31H,1,32H2,(H2,53,54);3-9H,10,17H2,1-2H3/b31-30-;. The Morgan fingerprint density at radius 1 is 0.472 bits per heavy atom. The molecule has 1 heterocycles. The summed E-state index contributed by atoms with van der Waals surface area (Å²) < 4.78 is 0. The monoisotopic (exact) mass is 943 g/mol. The summed E-state index contributed by atoms with van der Waals surface area (Å²) in [6.07, 6.45) is 4.48. The first-order chi connectivity index (χ1) is 35.3. The van der Waals surface area contributed by atoms with Crippen LogP contribution in [0.15, 0.2) is 246 Å². The van der Waals surface area contributed by atoms with E-state index in [1.54, 1.807) is 0 Å². The Balaban J connectivity index is 0.000000250. The van der Waals surface area contributed by atoms with E-state index in [-0.39, 0.29) is 5.41 Å². The lowest BCUT2D eigenvalue weighted by atomic mass is 9.53. The van der Waals surface area contributed by atoms with Crippen molar-refractivity contribution in [3.63, 3.8) is 0 Å². The van der Waals surface area contributed by atoms with Gasteiger partial charge in [0.15, 0.2) is 0 Å². The van der Waals surface area contributed by atoms with Gasteiger partial charge >= 0.3 is 0 Å². The fourth-order valence-corrected chi connectivity index (χ4v) is 14.4. The highest BCUT2D eigenvalue weighted by molar-refractivity contribution is 8.03. The molecule has 0 saturated carbocycles. The average Bonchev–Trinajstić information content (AvgIpc) is 3.99. The smallest absolute Gasteiger partial charge is 0.126 e. The molecule has 0 bridgehead atoms. The maximum Gasteiger partial charge on any atom is 0.126 e. The van der Waals surface area contributed by atoms with E-state index in [9.17, 15) is 0 Å². The van der Waals surface area contributed by atoms with Gasteiger partial charge in [0, 0.05) is 27.3 Å². The first-order valence-electron chi connectivity index (χ1n) is 25.0. The molecule has 4 heteroatoms. The van der Waals surface area contributed by atoms with Crippen molar-refractivity contribution < 1.29 is 0 Å². The first-order valence-corrected chi connectivity index (χ1v) is 25.8. The van der Waals surface area contributed by atoms with Crippen LogP contribution in [0.1, 0.15) is 91.7 Å². The number of nitrogens with two attached hydrogens (primary N) is 2. The van der Waals surface area contributed by atoms with Crippen LogP contribution < -0.4 is 11.5 Å². The maximum absolute atomic E-state index is 7.10. The van der Waals surface area contributed by atoms with Crippen LogP contribution in [0.4, 0.5) is 0 Å². The molecule has 9 aromatic rings. The van der Waals surface area contributed by atoms with Crippen LogP contribution >= 0.6 is 11.8 Å². The Hall–Kier alpha value is -8.02. The minimum atomic E-state index is -0.647. The molecule has 3 nitrogen and oxygen atoms in total. The van der Waals surface area contributed by atoms with Crippen LogP contribution in [0.25, 0.3) is 33.4 Å². The SMILES string of the molecule is C=C1/C=C\C2=C(Sc3ccccc31)C1(c3ccccc3C3(c4ccccc4-c4ccccc43)c3ccccc31)c1cccc(C(N)=NCc3ccccc3)c12.CC1(C)c2ccccc2-c2ccc(CN)cc21. The number of aliphatic imine (C=N–C) groups is 1. The molecule has 0 unspecified atom stereocenters. The van der Waals surface area contributed by atoms with Gasteiger partial charge in [-0.2, -0.15) is 0 Å². The molecule has 0 radical (unpaired) electrons. The number of benzene rings is 9. The summed E-state index contributed by atoms with van der Waals surface area (Å²) in [4.78, 5) is 7.49. The van der Waals surface area contributed by atoms with Gasteiger partial charge in [-0.25, -0.2) is 0 Å². The van der Waals surface area contributed by atoms with Gasteiger partial charge in [-0.15, -0.1) is 0 Å². The molecule has 1 aliphatic heterocycles. The third kappa shape index (κ3) is 6.19. The van der Waals surface area contributed by atoms with Gasteiger partial charge in [0.05, 0.1) is 17.4 Å². The van der Waals surface area contributed by atoms with Crippen LogP contribution in [0.5, 0.6) is 0 Å². The van der Waals surface area contributed by atoms with E-state index in [1.165, 1.54) is 87.7 Å². The molecule has 346 valence electrons. The number of thioether (sulfide) groups is 1. The highest BCUT2D eigenvalue weighted by atomic mass is 32.2. The van der Waals surface area contributed by atoms with Crippen LogP contribution in [0.2, 0.25) is 0 Å². The van der Waals surface area contributed by atoms with Crippen molar-refractivity contribution in [1.82, 2.24) is 0 Å². The second-order valence-corrected chi connectivity index (χ2v) is 21.1. The van der Waals surface area contributed by atoms with Crippen LogP contribution in [-0.2, 0) is 29.3 Å². The molecule has 0 saturated heterocycles. The molecule has 4 aliphatic carbocycles. The lowest BCUT2D eigenvalue weighted by Crippen LogP contribution is -2.44. The zero-order valence-corrected chi connectivity index (χ0v) is 41.3. The van der Waals surface area contributed by atoms with Crippen molar-refractivity contribution in [2.75, 3.05) is 0 Å². The van der Waals surface area contributed by atoms with Crippen molar-refractivity contribution in [1.29, 1.82) is 0 Å². The largest absolute Gasteiger partial charge is 0.383 e. The molecule has 0 amide bonds. The fraction of sp³-hybridized carbons (Fsp3) is 0.103. The van der Waals surface area contributed by atoms with Gasteiger partial charge in [0.25, 0.3) is 0 Å². The van der Waals surface area contributed by atoms with Crippen molar-refractivity contribution in [2.45, 2.75) is 48.1 Å². The molecule has 2 spiro atoms. The van der Waals surface area contributed by atoms with Crippen LogP contribution in [-0.4, -0.2) is 5.84 Å². The number of amidine groups is 1. The fourth-order valence-electron chi connectivity index (χ4n) is 12.9. The number of fused-ring (bicyclic) bond motifs is 19. The summed E-state index contributed by atoms with van der Waals surface area (Å²) in [7, 11) is 0. The lowest BCUT2D eigenvalue weighted by molar-refractivity contribution is 0.638. The van der Waals surface area contributed by atoms with E-state index in [4.69, 9.17) is 16.5 Å². The summed E-state index contributed by atoms with van der Waals surface area (Å²) in [6, 6.07) is 77.5. The minimum Gasteiger partial charge on any atom is -0.383 e. The number of hydrogen-bond acceptors (Lipinski definition) is 3. The quantitative estimate of drug-likeness (QED) is 0.136. The zero-order valence-electron chi connectivity index (χ0n) is 40.5. The van der Waals surface area contributed by atoms with Gasteiger partial charge in [-0.1, -0.05) is 251 Å². The topological polar surface area (TPSA) is 64.4 Å². The van der Waals surface area contributed by atoms with Gasteiger partial charge in [-0.05, 0) is 112 Å². The molecular formula is C68H53N3S. The number of hydrogen-bond donors (Lipinski definition) is 2. The highest BCUT2D eigenvalue weighted by Crippen LogP contribution is 2.69. The predicted molar refractivity (Wildman–Crippen MR) is 300 cm³/mol. The molecule has 4 N–H and O–H groups in total. The molecule has 9 aromatic carbocycles. The van der Waals surface area contributed by atoms with Gasteiger partial charge in [0.2, 0.25) is 0 Å². The average molecular weight is 944 g/mol. The molecular weight excluding hydrogens is 891 g/mol. The molecule has 0 fully saturated rings. The molecule has 14 rings (SSSR count). The Labute approximate surface area is 427 Å². The van der Waals surface area contributed by atoms with E-state index < -0.39 is 10.8 Å². The molecule has 5 aliphatic rings. The summed E-state index contributed by atoms with van der Waals surface area (Å²) in [6.45, 7) is 10.2. The van der Waals surface area contributed by atoms with Crippen molar-refractivity contribution in [2.24, 2.45) is 16.5 Å². The highest BCUT2D eigenvalue weighted by Gasteiger charge is 2.60. The van der Waals surface area contributed by atoms with Gasteiger partial charge < -0.3 is 11.5 Å². The Bertz CT molecular complexity index is 3720. The second kappa shape index (κ2) is 16.8. The molecule has 0 aromatic heterocycles. The lowest BCUT2D eigenvalue weighted by Gasteiger charge is -2.49. The van der Waals surface area contributed by atoms with Gasteiger partial charge in [-0.3, -0.25) is 4.99 Å². The summed E-state index contributed by atoms with van der Waals surface area (Å²) in [5, 5.41) is 0. The van der Waals surface area contributed by atoms with E-state index in [1.807, 2.05) is 17.8 Å². The van der Waals surface area contributed by atoms with E-state index >= 15 is 0 Å². The van der Waals surface area contributed by atoms with E-state index in [0.717, 1.165) is 33.4 Å². The van der Waals surface area contributed by atoms with Crippen molar-refractivity contribution in [3.8, 4) is 22.3 Å². The molecule has 72 heavy (non-hydrogen) atoms.